The smallest absolute Gasteiger partial charge is 0.410 e. The Morgan fingerprint density at radius 1 is 1.25 bits per heavy atom. The maximum Gasteiger partial charge on any atom is 0.410 e. The summed E-state index contributed by atoms with van der Waals surface area (Å²) < 4.78 is 16.2. The van der Waals surface area contributed by atoms with E-state index in [0.29, 0.717) is 13.1 Å². The van der Waals surface area contributed by atoms with Crippen molar-refractivity contribution in [2.45, 2.75) is 32.5 Å². The van der Waals surface area contributed by atoms with Gasteiger partial charge >= 0.3 is 6.09 Å². The number of nitrogens with zero attached hydrogens (tertiary/aromatic N) is 1. The van der Waals surface area contributed by atoms with Crippen molar-refractivity contribution in [2.24, 2.45) is 5.92 Å². The molecule has 0 aliphatic carbocycles. The average molecular weight is 333 g/mol. The standard InChI is InChI=1S/C19H27NO4/c1-19(2,3)24-18(21)20-12-16(17(13-20)23-14-22-4)11-10-15-8-6-5-7-9-15/h5-11,16-17H,12-14H2,1-4H3/b11-10-/t16-,17-/m0/s1. The third-order valence-electron chi connectivity index (χ3n) is 3.70. The lowest BCUT2D eigenvalue weighted by atomic mass is 10.0. The predicted molar refractivity (Wildman–Crippen MR) is 93.5 cm³/mol. The Morgan fingerprint density at radius 3 is 2.58 bits per heavy atom. The maximum atomic E-state index is 12.3. The summed E-state index contributed by atoms with van der Waals surface area (Å²) in [4.78, 5) is 14.0. The van der Waals surface area contributed by atoms with E-state index >= 15 is 0 Å². The van der Waals surface area contributed by atoms with Crippen molar-refractivity contribution in [3.05, 3.63) is 42.0 Å². The van der Waals surface area contributed by atoms with Crippen LogP contribution >= 0.6 is 0 Å². The molecule has 0 spiro atoms. The molecule has 0 radical (unpaired) electrons. The Kier molecular flexibility index (Phi) is 6.40. The molecular weight excluding hydrogens is 306 g/mol. The second-order valence-corrected chi connectivity index (χ2v) is 6.93. The summed E-state index contributed by atoms with van der Waals surface area (Å²) in [5.41, 5.74) is 0.622. The van der Waals surface area contributed by atoms with Crippen LogP contribution in [-0.4, -0.2) is 49.7 Å². The van der Waals surface area contributed by atoms with Gasteiger partial charge in [0.15, 0.2) is 0 Å². The quantitative estimate of drug-likeness (QED) is 0.773. The molecule has 1 aliphatic rings. The highest BCUT2D eigenvalue weighted by Gasteiger charge is 2.36. The van der Waals surface area contributed by atoms with Crippen LogP contribution in [0.3, 0.4) is 0 Å². The van der Waals surface area contributed by atoms with Gasteiger partial charge in [0.2, 0.25) is 0 Å². The molecule has 1 aromatic rings. The number of methoxy groups -OCH3 is 1. The normalized spacial score (nSPS) is 21.4. The lowest BCUT2D eigenvalue weighted by Crippen LogP contribution is -2.36. The zero-order valence-corrected chi connectivity index (χ0v) is 14.9. The Hall–Kier alpha value is -1.85. The van der Waals surface area contributed by atoms with Gasteiger partial charge < -0.3 is 19.1 Å². The van der Waals surface area contributed by atoms with E-state index in [9.17, 15) is 4.79 Å². The lowest BCUT2D eigenvalue weighted by Gasteiger charge is -2.24. The van der Waals surface area contributed by atoms with Gasteiger partial charge in [-0.2, -0.15) is 0 Å². The Bertz CT molecular complexity index is 550. The van der Waals surface area contributed by atoms with E-state index in [1.54, 1.807) is 12.0 Å². The van der Waals surface area contributed by atoms with E-state index in [2.05, 4.69) is 12.2 Å². The van der Waals surface area contributed by atoms with Crippen LogP contribution in [0.2, 0.25) is 0 Å². The van der Waals surface area contributed by atoms with E-state index in [0.717, 1.165) is 5.56 Å². The highest BCUT2D eigenvalue weighted by atomic mass is 16.7. The maximum absolute atomic E-state index is 12.3. The largest absolute Gasteiger partial charge is 0.444 e. The van der Waals surface area contributed by atoms with Crippen LogP contribution in [0.1, 0.15) is 26.3 Å². The van der Waals surface area contributed by atoms with Crippen molar-refractivity contribution in [3.8, 4) is 0 Å². The number of carbonyl (C=O) groups excluding carboxylic acids is 1. The van der Waals surface area contributed by atoms with Gasteiger partial charge in [-0.1, -0.05) is 42.5 Å². The van der Waals surface area contributed by atoms with Crippen molar-refractivity contribution >= 4 is 12.2 Å². The number of rotatable bonds is 5. The number of ether oxygens (including phenoxy) is 3. The molecule has 2 rings (SSSR count). The molecular formula is C19H27NO4. The fourth-order valence-corrected chi connectivity index (χ4v) is 2.59. The van der Waals surface area contributed by atoms with E-state index < -0.39 is 5.60 Å². The number of amides is 1. The topological polar surface area (TPSA) is 48.0 Å². The molecule has 0 saturated carbocycles. The van der Waals surface area contributed by atoms with Crippen LogP contribution in [0.25, 0.3) is 6.08 Å². The van der Waals surface area contributed by atoms with Crippen LogP contribution < -0.4 is 0 Å². The van der Waals surface area contributed by atoms with Crippen LogP contribution in [0.15, 0.2) is 36.4 Å². The van der Waals surface area contributed by atoms with E-state index in [1.807, 2.05) is 51.1 Å². The number of hydrogen-bond acceptors (Lipinski definition) is 4. The van der Waals surface area contributed by atoms with Crippen LogP contribution in [0.4, 0.5) is 4.79 Å². The molecule has 2 atom stereocenters. The summed E-state index contributed by atoms with van der Waals surface area (Å²) in [6, 6.07) is 10.1. The summed E-state index contributed by atoms with van der Waals surface area (Å²) in [7, 11) is 1.59. The van der Waals surface area contributed by atoms with Crippen LogP contribution in [-0.2, 0) is 14.2 Å². The minimum Gasteiger partial charge on any atom is -0.444 e. The Morgan fingerprint density at radius 2 is 1.96 bits per heavy atom. The summed E-state index contributed by atoms with van der Waals surface area (Å²) in [5.74, 6) is 0.105. The zero-order chi connectivity index (χ0) is 17.6. The highest BCUT2D eigenvalue weighted by Crippen LogP contribution is 2.24. The van der Waals surface area contributed by atoms with Crippen LogP contribution in [0, 0.1) is 5.92 Å². The zero-order valence-electron chi connectivity index (χ0n) is 14.9. The lowest BCUT2D eigenvalue weighted by molar-refractivity contribution is -0.0752. The van der Waals surface area contributed by atoms with Gasteiger partial charge in [0, 0.05) is 19.6 Å². The highest BCUT2D eigenvalue weighted by molar-refractivity contribution is 5.68. The fraction of sp³-hybridized carbons (Fsp3) is 0.526. The van der Waals surface area contributed by atoms with Gasteiger partial charge in [-0.15, -0.1) is 0 Å². The molecule has 5 heteroatoms. The Balaban J connectivity index is 2.04. The monoisotopic (exact) mass is 333 g/mol. The van der Waals surface area contributed by atoms with Gasteiger partial charge in [0.05, 0.1) is 12.6 Å². The number of hydrogen-bond donors (Lipinski definition) is 0. The van der Waals surface area contributed by atoms with Crippen molar-refractivity contribution in [2.75, 3.05) is 27.0 Å². The van der Waals surface area contributed by atoms with Gasteiger partial charge in [-0.05, 0) is 26.3 Å². The molecule has 132 valence electrons. The SMILES string of the molecule is COCO[C@H]1CN(C(=O)OC(C)(C)C)C[C@@H]1/C=C\c1ccccc1. The van der Waals surface area contributed by atoms with Gasteiger partial charge in [0.25, 0.3) is 0 Å². The molecule has 0 unspecified atom stereocenters. The third-order valence-corrected chi connectivity index (χ3v) is 3.70. The minimum atomic E-state index is -0.502. The molecule has 24 heavy (non-hydrogen) atoms. The van der Waals surface area contributed by atoms with Gasteiger partial charge in [-0.25, -0.2) is 4.79 Å². The molecule has 1 heterocycles. The fourth-order valence-electron chi connectivity index (χ4n) is 2.59. The average Bonchev–Trinajstić information content (AvgIpc) is 2.93. The first kappa shape index (κ1) is 18.5. The summed E-state index contributed by atoms with van der Waals surface area (Å²) >= 11 is 0. The summed E-state index contributed by atoms with van der Waals surface area (Å²) in [6.07, 6.45) is 3.76. The first-order valence-corrected chi connectivity index (χ1v) is 8.21. The van der Waals surface area contributed by atoms with Gasteiger partial charge in [-0.3, -0.25) is 0 Å². The van der Waals surface area contributed by atoms with E-state index in [-0.39, 0.29) is 24.9 Å². The first-order chi connectivity index (χ1) is 11.4. The third kappa shape index (κ3) is 5.65. The molecule has 0 N–H and O–H groups in total. The summed E-state index contributed by atoms with van der Waals surface area (Å²) in [5, 5.41) is 0. The molecule has 1 fully saturated rings. The van der Waals surface area contributed by atoms with Crippen LogP contribution in [0.5, 0.6) is 0 Å². The number of carbonyl (C=O) groups is 1. The molecule has 5 nitrogen and oxygen atoms in total. The Labute approximate surface area is 144 Å². The minimum absolute atomic E-state index is 0.0996. The van der Waals surface area contributed by atoms with E-state index in [4.69, 9.17) is 14.2 Å². The predicted octanol–water partition coefficient (Wildman–Crippen LogP) is 3.56. The van der Waals surface area contributed by atoms with Crippen molar-refractivity contribution < 1.29 is 19.0 Å². The molecule has 0 aromatic heterocycles. The molecule has 1 aliphatic heterocycles. The van der Waals surface area contributed by atoms with Crippen molar-refractivity contribution in [1.29, 1.82) is 0 Å². The number of likely N-dealkylation sites (tertiary alicyclic amines) is 1. The molecule has 1 aromatic carbocycles. The molecule has 1 amide bonds. The summed E-state index contributed by atoms with van der Waals surface area (Å²) in [6.45, 7) is 6.89. The van der Waals surface area contributed by atoms with E-state index in [1.165, 1.54) is 0 Å². The van der Waals surface area contributed by atoms with Crippen molar-refractivity contribution in [1.82, 2.24) is 4.90 Å². The number of benzene rings is 1. The van der Waals surface area contributed by atoms with Crippen molar-refractivity contribution in [3.63, 3.8) is 0 Å². The second-order valence-electron chi connectivity index (χ2n) is 6.93. The molecule has 1 saturated heterocycles. The van der Waals surface area contributed by atoms with Gasteiger partial charge in [0.1, 0.15) is 12.4 Å². The second kappa shape index (κ2) is 8.31. The molecule has 0 bridgehead atoms. The first-order valence-electron chi connectivity index (χ1n) is 8.21.